The van der Waals surface area contributed by atoms with Crippen LogP contribution in [0.2, 0.25) is 0 Å². The van der Waals surface area contributed by atoms with E-state index in [1.807, 2.05) is 13.0 Å². The molecule has 0 aliphatic carbocycles. The number of hydrogen-bond acceptors (Lipinski definition) is 6. The fourth-order valence-electron chi connectivity index (χ4n) is 3.14. The molecule has 0 unspecified atom stereocenters. The Kier molecular flexibility index (Phi) is 5.68. The number of anilines is 1. The molecule has 1 aliphatic heterocycles. The van der Waals surface area contributed by atoms with Crippen molar-refractivity contribution in [3.8, 4) is 5.88 Å². The van der Waals surface area contributed by atoms with E-state index >= 15 is 0 Å². The van der Waals surface area contributed by atoms with Crippen LogP contribution in [0.1, 0.15) is 28.4 Å². The number of pyridine rings is 1. The van der Waals surface area contributed by atoms with Crippen LogP contribution in [0.15, 0.2) is 76.2 Å². The molecule has 158 valence electrons. The fraction of sp³-hybridized carbons (Fsp3) is 0.136. The summed E-state index contributed by atoms with van der Waals surface area (Å²) in [6.45, 7) is 2.65. The van der Waals surface area contributed by atoms with Crippen LogP contribution in [0, 0.1) is 0 Å². The lowest BCUT2D eigenvalue weighted by molar-refractivity contribution is 0.0950. The van der Waals surface area contributed by atoms with Crippen molar-refractivity contribution in [3.05, 3.63) is 83.6 Å². The Morgan fingerprint density at radius 3 is 2.58 bits per heavy atom. The number of carbonyl (C=O) groups is 1. The van der Waals surface area contributed by atoms with Crippen molar-refractivity contribution in [2.45, 2.75) is 18.4 Å². The van der Waals surface area contributed by atoms with Gasteiger partial charge in [0.25, 0.3) is 15.9 Å². The minimum absolute atomic E-state index is 0.176. The van der Waals surface area contributed by atoms with Crippen molar-refractivity contribution in [1.29, 1.82) is 0 Å². The van der Waals surface area contributed by atoms with Crippen LogP contribution in [0.4, 0.5) is 5.69 Å². The summed E-state index contributed by atoms with van der Waals surface area (Å²) in [6.07, 6.45) is 1.64. The maximum absolute atomic E-state index is 12.5. The number of fused-ring (bicyclic) bond motifs is 1. The van der Waals surface area contributed by atoms with Gasteiger partial charge < -0.3 is 15.4 Å². The molecule has 2 N–H and O–H groups in total. The molecule has 0 bridgehead atoms. The summed E-state index contributed by atoms with van der Waals surface area (Å²) in [7, 11) is -3.69. The van der Waals surface area contributed by atoms with E-state index in [2.05, 4.69) is 20.0 Å². The van der Waals surface area contributed by atoms with Crippen LogP contribution in [-0.2, 0) is 16.6 Å². The normalized spacial score (nSPS) is 13.8. The minimum atomic E-state index is -3.69. The molecule has 0 atom stereocenters. The molecule has 9 heteroatoms. The number of sulfonamides is 1. The largest absolute Gasteiger partial charge is 0.478 e. The Morgan fingerprint density at radius 1 is 1.03 bits per heavy atom. The summed E-state index contributed by atoms with van der Waals surface area (Å²) in [4.78, 5) is 16.8. The average Bonchev–Trinajstić information content (AvgIpc) is 3.04. The molecule has 3 aromatic rings. The van der Waals surface area contributed by atoms with E-state index in [0.717, 1.165) is 5.56 Å². The summed E-state index contributed by atoms with van der Waals surface area (Å²) in [6, 6.07) is 17.0. The number of ether oxygens (including phenoxy) is 1. The van der Waals surface area contributed by atoms with Crippen LogP contribution < -0.4 is 15.4 Å². The summed E-state index contributed by atoms with van der Waals surface area (Å²) >= 11 is 0. The molecule has 0 radical (unpaired) electrons. The first-order chi connectivity index (χ1) is 15.0. The third-order valence-electron chi connectivity index (χ3n) is 4.61. The smallest absolute Gasteiger partial charge is 0.285 e. The van der Waals surface area contributed by atoms with Crippen LogP contribution in [0.25, 0.3) is 0 Å². The van der Waals surface area contributed by atoms with Gasteiger partial charge in [-0.05, 0) is 49.4 Å². The molecule has 31 heavy (non-hydrogen) atoms. The molecule has 1 aliphatic rings. The molecule has 0 spiro atoms. The lowest BCUT2D eigenvalue weighted by Gasteiger charge is -2.10. The van der Waals surface area contributed by atoms with Gasteiger partial charge in [0.05, 0.1) is 6.61 Å². The maximum Gasteiger partial charge on any atom is 0.285 e. The molecular formula is C22H20N4O4S. The molecule has 0 fully saturated rings. The number of nitrogens with one attached hydrogen (secondary N) is 2. The van der Waals surface area contributed by atoms with Gasteiger partial charge in [0, 0.05) is 35.1 Å². The Labute approximate surface area is 180 Å². The van der Waals surface area contributed by atoms with Crippen molar-refractivity contribution < 1.29 is 17.9 Å². The third kappa shape index (κ3) is 4.41. The molecule has 4 rings (SSSR count). The minimum Gasteiger partial charge on any atom is -0.478 e. The topological polar surface area (TPSA) is 110 Å². The molecule has 0 saturated heterocycles. The molecular weight excluding hydrogens is 416 g/mol. The molecule has 1 amide bonds. The summed E-state index contributed by atoms with van der Waals surface area (Å²) < 4.78 is 33.6. The van der Waals surface area contributed by atoms with Crippen LogP contribution >= 0.6 is 0 Å². The highest BCUT2D eigenvalue weighted by Crippen LogP contribution is 2.26. The Hall–Kier alpha value is -3.72. The van der Waals surface area contributed by atoms with Gasteiger partial charge in [-0.1, -0.05) is 18.2 Å². The van der Waals surface area contributed by atoms with Crippen LogP contribution in [0.5, 0.6) is 5.88 Å². The van der Waals surface area contributed by atoms with E-state index in [9.17, 15) is 13.2 Å². The van der Waals surface area contributed by atoms with Gasteiger partial charge in [-0.15, -0.1) is 4.40 Å². The Morgan fingerprint density at radius 2 is 1.81 bits per heavy atom. The monoisotopic (exact) mass is 436 g/mol. The van der Waals surface area contributed by atoms with Crippen molar-refractivity contribution in [2.75, 3.05) is 11.9 Å². The first kappa shape index (κ1) is 20.5. The van der Waals surface area contributed by atoms with Gasteiger partial charge in [0.2, 0.25) is 5.88 Å². The van der Waals surface area contributed by atoms with Gasteiger partial charge in [-0.25, -0.2) is 4.98 Å². The van der Waals surface area contributed by atoms with Crippen molar-refractivity contribution in [2.24, 2.45) is 4.40 Å². The SMILES string of the molecule is CCOc1ncccc1CNC(=O)c1ccc(NC2=NS(=O)(=O)c3ccccc32)cc1. The molecule has 0 saturated carbocycles. The Bertz CT molecular complexity index is 1250. The Balaban J connectivity index is 1.43. The fourth-order valence-corrected chi connectivity index (χ4v) is 4.32. The zero-order valence-corrected chi connectivity index (χ0v) is 17.5. The van der Waals surface area contributed by atoms with Gasteiger partial charge in [0.1, 0.15) is 4.90 Å². The number of amidine groups is 1. The van der Waals surface area contributed by atoms with E-state index in [1.54, 1.807) is 54.7 Å². The number of benzene rings is 2. The highest BCUT2D eigenvalue weighted by molar-refractivity contribution is 7.90. The number of rotatable bonds is 6. The molecule has 8 nitrogen and oxygen atoms in total. The van der Waals surface area contributed by atoms with Gasteiger partial charge >= 0.3 is 0 Å². The summed E-state index contributed by atoms with van der Waals surface area (Å²) in [5.74, 6) is 0.509. The highest BCUT2D eigenvalue weighted by atomic mass is 32.2. The van der Waals surface area contributed by atoms with E-state index in [1.165, 1.54) is 6.07 Å². The summed E-state index contributed by atoms with van der Waals surface area (Å²) in [5, 5.41) is 5.86. The quantitative estimate of drug-likeness (QED) is 0.615. The first-order valence-corrected chi connectivity index (χ1v) is 11.1. The molecule has 1 aromatic heterocycles. The lowest BCUT2D eigenvalue weighted by Crippen LogP contribution is -2.23. The van der Waals surface area contributed by atoms with Gasteiger partial charge in [-0.3, -0.25) is 4.79 Å². The van der Waals surface area contributed by atoms with Crippen LogP contribution in [-0.4, -0.2) is 31.8 Å². The van der Waals surface area contributed by atoms with E-state index in [0.29, 0.717) is 29.3 Å². The van der Waals surface area contributed by atoms with Crippen molar-refractivity contribution >= 4 is 27.5 Å². The van der Waals surface area contributed by atoms with Gasteiger partial charge in [0.15, 0.2) is 5.84 Å². The zero-order chi connectivity index (χ0) is 21.8. The van der Waals surface area contributed by atoms with E-state index in [4.69, 9.17) is 4.74 Å². The predicted octanol–water partition coefficient (Wildman–Crippen LogP) is 2.97. The van der Waals surface area contributed by atoms with Crippen molar-refractivity contribution in [1.82, 2.24) is 10.3 Å². The predicted molar refractivity (Wildman–Crippen MR) is 117 cm³/mol. The molecule has 2 heterocycles. The number of carbonyl (C=O) groups excluding carboxylic acids is 1. The average molecular weight is 436 g/mol. The first-order valence-electron chi connectivity index (χ1n) is 9.64. The van der Waals surface area contributed by atoms with E-state index in [-0.39, 0.29) is 23.2 Å². The third-order valence-corrected chi connectivity index (χ3v) is 5.95. The van der Waals surface area contributed by atoms with Crippen molar-refractivity contribution in [3.63, 3.8) is 0 Å². The number of nitrogens with zero attached hydrogens (tertiary/aromatic N) is 2. The van der Waals surface area contributed by atoms with Crippen LogP contribution in [0.3, 0.4) is 0 Å². The second-order valence-corrected chi connectivity index (χ2v) is 8.27. The number of aromatic nitrogens is 1. The second-order valence-electron chi connectivity index (χ2n) is 6.70. The number of amides is 1. The van der Waals surface area contributed by atoms with Gasteiger partial charge in [-0.2, -0.15) is 8.42 Å². The number of hydrogen-bond donors (Lipinski definition) is 2. The lowest BCUT2D eigenvalue weighted by atomic mass is 10.1. The highest BCUT2D eigenvalue weighted by Gasteiger charge is 2.28. The molecule has 2 aromatic carbocycles. The summed E-state index contributed by atoms with van der Waals surface area (Å²) in [5.41, 5.74) is 2.39. The van der Waals surface area contributed by atoms with E-state index < -0.39 is 10.0 Å². The standard InChI is InChI=1S/C22H20N4O4S/c1-2-30-22-16(6-5-13-23-22)14-24-21(27)15-9-11-17(12-10-15)25-20-18-7-3-4-8-19(18)31(28,29)26-20/h3-13H,2,14H2,1H3,(H,24,27)(H,25,26). The zero-order valence-electron chi connectivity index (χ0n) is 16.7. The maximum atomic E-state index is 12.5. The second kappa shape index (κ2) is 8.57.